The van der Waals surface area contributed by atoms with Crippen LogP contribution in [0.25, 0.3) is 5.57 Å². The fourth-order valence-corrected chi connectivity index (χ4v) is 5.62. The Kier molecular flexibility index (Phi) is 5.31. The van der Waals surface area contributed by atoms with Crippen LogP contribution in [-0.2, 0) is 4.79 Å². The number of benzene rings is 2. The third kappa shape index (κ3) is 3.58. The Bertz CT molecular complexity index is 1190. The summed E-state index contributed by atoms with van der Waals surface area (Å²) in [6.45, 7) is 1.98. The molecule has 1 amide bonds. The molecule has 1 saturated heterocycles. The predicted molar refractivity (Wildman–Crippen MR) is 121 cm³/mol. The second kappa shape index (κ2) is 7.94. The number of nitrogens with one attached hydrogen (secondary N) is 2. The highest BCUT2D eigenvalue weighted by molar-refractivity contribution is 8.03. The maximum Gasteiger partial charge on any atom is 0.238 e. The molecule has 0 saturated carbocycles. The number of hydrogen-bond acceptors (Lipinski definition) is 5. The van der Waals surface area contributed by atoms with E-state index < -0.39 is 11.5 Å². The third-order valence-corrected chi connectivity index (χ3v) is 7.47. The number of likely N-dealkylation sites (N-methyl/N-ethyl adjacent to an activating group) is 1. The van der Waals surface area contributed by atoms with E-state index in [-0.39, 0.29) is 17.1 Å². The first-order chi connectivity index (χ1) is 14.9. The molecule has 2 N–H and O–H groups in total. The number of thioether (sulfide) groups is 1. The number of guanidine groups is 1. The number of rotatable bonds is 3. The van der Waals surface area contributed by atoms with Crippen molar-refractivity contribution >= 4 is 29.2 Å². The van der Waals surface area contributed by atoms with E-state index in [0.29, 0.717) is 17.5 Å². The molecule has 2 aliphatic rings. The Hall–Kier alpha value is -3.55. The summed E-state index contributed by atoms with van der Waals surface area (Å²) in [5.41, 5.74) is 3.25. The molecule has 0 aliphatic carbocycles. The maximum absolute atomic E-state index is 13.3. The van der Waals surface area contributed by atoms with Crippen molar-refractivity contribution in [1.29, 1.82) is 15.9 Å². The first kappa shape index (κ1) is 20.7. The summed E-state index contributed by atoms with van der Waals surface area (Å²) >= 11 is 1.64. The molecule has 0 aromatic heterocycles. The van der Waals surface area contributed by atoms with E-state index in [1.165, 1.54) is 4.90 Å². The summed E-state index contributed by atoms with van der Waals surface area (Å²) in [7, 11) is 1.59. The van der Waals surface area contributed by atoms with E-state index in [1.54, 1.807) is 43.1 Å². The molecule has 1 fully saturated rings. The Morgan fingerprint density at radius 3 is 2.55 bits per heavy atom. The van der Waals surface area contributed by atoms with Gasteiger partial charge in [0.15, 0.2) is 5.96 Å². The molecule has 31 heavy (non-hydrogen) atoms. The Labute approximate surface area is 185 Å². The van der Waals surface area contributed by atoms with Crippen molar-refractivity contribution in [2.24, 2.45) is 0 Å². The van der Waals surface area contributed by atoms with Crippen LogP contribution in [0.1, 0.15) is 41.5 Å². The van der Waals surface area contributed by atoms with E-state index >= 15 is 0 Å². The SMILES string of the molecule is CN1C(=N)N[C@](C)(C2CC(c3cccc(C#N)c3)=CS2)[C@H](c2cccc(C#N)c2)C1=O. The highest BCUT2D eigenvalue weighted by Crippen LogP contribution is 2.48. The topological polar surface area (TPSA) is 104 Å². The van der Waals surface area contributed by atoms with Gasteiger partial charge in [0.25, 0.3) is 0 Å². The van der Waals surface area contributed by atoms with Crippen LogP contribution < -0.4 is 5.32 Å². The number of carbonyl (C=O) groups is 1. The molecule has 0 bridgehead atoms. The highest BCUT2D eigenvalue weighted by Gasteiger charge is 2.52. The molecule has 1 unspecified atom stereocenters. The lowest BCUT2D eigenvalue weighted by Crippen LogP contribution is -2.67. The maximum atomic E-state index is 13.3. The fraction of sp³-hybridized carbons (Fsp3) is 0.250. The standard InChI is InChI=1S/C24H21N5OS/c1-24(20-11-19(14-31-20)17-7-3-5-15(9-17)12-25)21(22(30)29(2)23(27)28-24)18-8-4-6-16(10-18)13-26/h3-10,14,20-21H,11H2,1-2H3,(H2,27,28)/t20?,21-,24-/m1/s1. The van der Waals surface area contributed by atoms with E-state index in [4.69, 9.17) is 5.41 Å². The highest BCUT2D eigenvalue weighted by atomic mass is 32.2. The van der Waals surface area contributed by atoms with E-state index in [2.05, 4.69) is 22.9 Å². The molecule has 2 heterocycles. The number of carbonyl (C=O) groups excluding carboxylic acids is 1. The van der Waals surface area contributed by atoms with Gasteiger partial charge in [-0.3, -0.25) is 15.1 Å². The first-order valence-corrected chi connectivity index (χ1v) is 10.8. The Balaban J connectivity index is 1.70. The number of hydrogen-bond donors (Lipinski definition) is 2. The minimum atomic E-state index is -0.732. The van der Waals surface area contributed by atoms with E-state index in [0.717, 1.165) is 16.7 Å². The first-order valence-electron chi connectivity index (χ1n) is 9.87. The van der Waals surface area contributed by atoms with Crippen molar-refractivity contribution in [3.63, 3.8) is 0 Å². The largest absolute Gasteiger partial charge is 0.349 e. The zero-order valence-corrected chi connectivity index (χ0v) is 18.0. The summed E-state index contributed by atoms with van der Waals surface area (Å²) in [5.74, 6) is -0.641. The van der Waals surface area contributed by atoms with Crippen molar-refractivity contribution in [3.8, 4) is 12.1 Å². The van der Waals surface area contributed by atoms with E-state index in [9.17, 15) is 15.3 Å². The second-order valence-electron chi connectivity index (χ2n) is 7.99. The average molecular weight is 428 g/mol. The van der Waals surface area contributed by atoms with Crippen molar-refractivity contribution in [2.75, 3.05) is 7.05 Å². The third-order valence-electron chi connectivity index (χ3n) is 6.06. The zero-order chi connectivity index (χ0) is 22.2. The van der Waals surface area contributed by atoms with Gasteiger partial charge in [-0.1, -0.05) is 24.3 Å². The predicted octanol–water partition coefficient (Wildman–Crippen LogP) is 3.82. The molecule has 2 aromatic rings. The number of nitriles is 2. The van der Waals surface area contributed by atoms with Gasteiger partial charge in [0.2, 0.25) is 5.91 Å². The van der Waals surface area contributed by atoms with Gasteiger partial charge in [-0.25, -0.2) is 0 Å². The van der Waals surface area contributed by atoms with Gasteiger partial charge >= 0.3 is 0 Å². The van der Waals surface area contributed by atoms with Crippen molar-refractivity contribution in [1.82, 2.24) is 10.2 Å². The van der Waals surface area contributed by atoms with Crippen LogP contribution in [0, 0.1) is 28.1 Å². The lowest BCUT2D eigenvalue weighted by molar-refractivity contribution is -0.131. The van der Waals surface area contributed by atoms with Gasteiger partial charge in [-0.05, 0) is 59.7 Å². The van der Waals surface area contributed by atoms with Gasteiger partial charge in [-0.2, -0.15) is 10.5 Å². The summed E-state index contributed by atoms with van der Waals surface area (Å²) in [6.07, 6.45) is 0.696. The normalized spacial score (nSPS) is 25.4. The molecule has 3 atom stereocenters. The molecule has 0 spiro atoms. The zero-order valence-electron chi connectivity index (χ0n) is 17.2. The molecular weight excluding hydrogens is 406 g/mol. The van der Waals surface area contributed by atoms with Crippen LogP contribution in [0.4, 0.5) is 0 Å². The molecule has 2 aromatic carbocycles. The van der Waals surface area contributed by atoms with Crippen LogP contribution in [0.15, 0.2) is 53.9 Å². The minimum Gasteiger partial charge on any atom is -0.349 e. The molecule has 7 heteroatoms. The Morgan fingerprint density at radius 2 is 1.84 bits per heavy atom. The summed E-state index contributed by atoms with van der Waals surface area (Å²) < 4.78 is 0. The number of nitrogens with zero attached hydrogens (tertiary/aromatic N) is 3. The van der Waals surface area contributed by atoms with Gasteiger partial charge in [0.05, 0.1) is 34.7 Å². The van der Waals surface area contributed by atoms with Gasteiger partial charge in [-0.15, -0.1) is 11.8 Å². The second-order valence-corrected chi connectivity index (χ2v) is 9.07. The van der Waals surface area contributed by atoms with Crippen LogP contribution >= 0.6 is 11.8 Å². The molecule has 2 aliphatic heterocycles. The molecule has 4 rings (SSSR count). The minimum absolute atomic E-state index is 0.0121. The molecular formula is C24H21N5OS. The molecule has 0 radical (unpaired) electrons. The van der Waals surface area contributed by atoms with Crippen LogP contribution in [0.2, 0.25) is 0 Å². The number of amides is 1. The summed E-state index contributed by atoms with van der Waals surface area (Å²) in [5, 5.41) is 32.2. The van der Waals surface area contributed by atoms with E-state index in [1.807, 2.05) is 31.2 Å². The molecule has 154 valence electrons. The van der Waals surface area contributed by atoms with Gasteiger partial charge in [0, 0.05) is 12.3 Å². The summed E-state index contributed by atoms with van der Waals surface area (Å²) in [6, 6.07) is 19.0. The van der Waals surface area contributed by atoms with Crippen LogP contribution in [0.3, 0.4) is 0 Å². The van der Waals surface area contributed by atoms with Gasteiger partial charge < -0.3 is 5.32 Å². The lowest BCUT2D eigenvalue weighted by atomic mass is 9.74. The summed E-state index contributed by atoms with van der Waals surface area (Å²) in [4.78, 5) is 14.7. The van der Waals surface area contributed by atoms with Crippen molar-refractivity contribution in [2.45, 2.75) is 30.1 Å². The molecule has 6 nitrogen and oxygen atoms in total. The van der Waals surface area contributed by atoms with Crippen molar-refractivity contribution in [3.05, 3.63) is 76.2 Å². The lowest BCUT2D eigenvalue weighted by Gasteiger charge is -2.48. The Morgan fingerprint density at radius 1 is 1.16 bits per heavy atom. The van der Waals surface area contributed by atoms with Gasteiger partial charge in [0.1, 0.15) is 0 Å². The monoisotopic (exact) mass is 427 g/mol. The fourth-order valence-electron chi connectivity index (χ4n) is 4.30. The average Bonchev–Trinajstić information content (AvgIpc) is 3.29. The van der Waals surface area contributed by atoms with Crippen LogP contribution in [-0.4, -0.2) is 34.6 Å². The van der Waals surface area contributed by atoms with Crippen LogP contribution in [0.5, 0.6) is 0 Å². The smallest absolute Gasteiger partial charge is 0.238 e. The number of allylic oxidation sites excluding steroid dienone is 1. The quantitative estimate of drug-likeness (QED) is 0.775. The van der Waals surface area contributed by atoms with Crippen molar-refractivity contribution < 1.29 is 4.79 Å².